The molecule has 0 aliphatic heterocycles. The van der Waals surface area contributed by atoms with Gasteiger partial charge in [-0.2, -0.15) is 0 Å². The van der Waals surface area contributed by atoms with Gasteiger partial charge in [0.2, 0.25) is 0 Å². The predicted octanol–water partition coefficient (Wildman–Crippen LogP) is 4.53. The molecule has 0 aliphatic carbocycles. The van der Waals surface area contributed by atoms with Crippen LogP contribution in [0.4, 0.5) is 0 Å². The van der Waals surface area contributed by atoms with Crippen LogP contribution in [0.2, 0.25) is 0 Å². The first-order chi connectivity index (χ1) is 9.26. The highest BCUT2D eigenvalue weighted by Gasteiger charge is 2.16. The number of unbranched alkanes of at least 4 members (excludes halogenated alkanes) is 2. The molecule has 0 saturated heterocycles. The van der Waals surface area contributed by atoms with E-state index in [1.54, 1.807) is 0 Å². The summed E-state index contributed by atoms with van der Waals surface area (Å²) in [4.78, 5) is 17.4. The van der Waals surface area contributed by atoms with Gasteiger partial charge >= 0.3 is 0 Å². The number of ketones is 1. The fourth-order valence-electron chi connectivity index (χ4n) is 1.76. The molecule has 0 N–H and O–H groups in total. The van der Waals surface area contributed by atoms with E-state index in [1.165, 1.54) is 0 Å². The first kappa shape index (κ1) is 17.8. The summed E-state index contributed by atoms with van der Waals surface area (Å²) in [6.45, 7) is 0.620. The van der Waals surface area contributed by atoms with Gasteiger partial charge in [0.05, 0.1) is 0 Å². The molecule has 0 bridgehead atoms. The average molecular weight is 331 g/mol. The first-order valence-corrected chi connectivity index (χ1v) is 7.48. The zero-order valence-electron chi connectivity index (χ0n) is 10.9. The number of carbonyl (C=O) groups is 1. The van der Waals surface area contributed by atoms with Gasteiger partial charge in [0.15, 0.2) is 0 Å². The Labute approximate surface area is 121 Å². The normalized spacial score (nSPS) is 11.2. The van der Waals surface area contributed by atoms with Crippen LogP contribution in [0.15, 0.2) is 10.2 Å². The molecule has 0 unspecified atom stereocenters. The van der Waals surface area contributed by atoms with Crippen LogP contribution in [0.1, 0.15) is 38.5 Å². The van der Waals surface area contributed by atoms with Crippen LogP contribution in [0.5, 0.6) is 0 Å². The van der Waals surface area contributed by atoms with Crippen molar-refractivity contribution in [3.8, 4) is 0 Å². The molecule has 0 heterocycles. The highest BCUT2D eigenvalue weighted by Crippen LogP contribution is 2.15. The van der Waals surface area contributed by atoms with E-state index >= 15 is 0 Å². The Morgan fingerprint density at radius 1 is 1.05 bits per heavy atom. The third-order valence-corrected chi connectivity index (χ3v) is 3.35. The molecule has 19 heavy (non-hydrogen) atoms. The zero-order valence-corrected chi connectivity index (χ0v) is 12.5. The molecule has 0 radical (unpaired) electrons. The van der Waals surface area contributed by atoms with Gasteiger partial charge in [0.25, 0.3) is 0 Å². The van der Waals surface area contributed by atoms with Crippen molar-refractivity contribution in [2.24, 2.45) is 16.1 Å². The number of azide groups is 2. The van der Waals surface area contributed by atoms with Crippen LogP contribution in [-0.2, 0) is 4.79 Å². The number of halogens is 1. The summed E-state index contributed by atoms with van der Waals surface area (Å²) in [5.74, 6) is 0.0100. The van der Waals surface area contributed by atoms with Gasteiger partial charge in [-0.05, 0) is 36.7 Å². The van der Waals surface area contributed by atoms with Crippen LogP contribution in [-0.4, -0.2) is 24.2 Å². The van der Waals surface area contributed by atoms with Crippen LogP contribution in [0.3, 0.4) is 0 Å². The molecular weight excluding hydrogens is 312 g/mol. The molecule has 0 aromatic carbocycles. The van der Waals surface area contributed by atoms with Crippen molar-refractivity contribution in [2.75, 3.05) is 18.4 Å². The van der Waals surface area contributed by atoms with Crippen LogP contribution >= 0.6 is 15.9 Å². The fourth-order valence-corrected chi connectivity index (χ4v) is 2.15. The molecule has 0 aliphatic rings. The number of carbonyl (C=O) groups excluding carboxylic acids is 1. The quantitative estimate of drug-likeness (QED) is 0.169. The molecular formula is C11H19BrN6O. The van der Waals surface area contributed by atoms with Gasteiger partial charge in [0.1, 0.15) is 5.78 Å². The largest absolute Gasteiger partial charge is 0.299 e. The van der Waals surface area contributed by atoms with Gasteiger partial charge < -0.3 is 0 Å². The third kappa shape index (κ3) is 10.4. The van der Waals surface area contributed by atoms with Crippen molar-refractivity contribution in [1.82, 2.24) is 0 Å². The SMILES string of the molecule is [N-]=[N+]=NCCC(CCN=[N+]=[N-])C(=O)CCCCCBr. The summed E-state index contributed by atoms with van der Waals surface area (Å²) in [5.41, 5.74) is 16.5. The summed E-state index contributed by atoms with van der Waals surface area (Å²) in [7, 11) is 0. The molecule has 0 spiro atoms. The Morgan fingerprint density at radius 2 is 1.63 bits per heavy atom. The van der Waals surface area contributed by atoms with E-state index in [1.807, 2.05) is 0 Å². The van der Waals surface area contributed by atoms with E-state index in [0.29, 0.717) is 32.4 Å². The zero-order chi connectivity index (χ0) is 14.3. The third-order valence-electron chi connectivity index (χ3n) is 2.79. The Kier molecular flexibility index (Phi) is 12.4. The van der Waals surface area contributed by atoms with Crippen molar-refractivity contribution in [3.63, 3.8) is 0 Å². The summed E-state index contributed by atoms with van der Waals surface area (Å²) < 4.78 is 0. The van der Waals surface area contributed by atoms with Gasteiger partial charge in [-0.1, -0.05) is 32.6 Å². The molecule has 7 nitrogen and oxygen atoms in total. The minimum atomic E-state index is -0.167. The van der Waals surface area contributed by atoms with E-state index in [-0.39, 0.29) is 11.7 Å². The maximum atomic E-state index is 12.0. The summed E-state index contributed by atoms with van der Waals surface area (Å²) in [6, 6.07) is 0. The number of hydrogen-bond donors (Lipinski definition) is 0. The van der Waals surface area contributed by atoms with Gasteiger partial charge in [0, 0.05) is 40.6 Å². The first-order valence-electron chi connectivity index (χ1n) is 6.36. The lowest BCUT2D eigenvalue weighted by molar-refractivity contribution is -0.123. The Hall–Kier alpha value is -1.23. The predicted molar refractivity (Wildman–Crippen MR) is 78.0 cm³/mol. The summed E-state index contributed by atoms with van der Waals surface area (Å²) in [5, 5.41) is 7.86. The molecule has 0 aromatic rings. The average Bonchev–Trinajstić information content (AvgIpc) is 2.42. The lowest BCUT2D eigenvalue weighted by Crippen LogP contribution is -2.16. The molecule has 8 heteroatoms. The minimum absolute atomic E-state index is 0.167. The van der Waals surface area contributed by atoms with E-state index in [4.69, 9.17) is 11.1 Å². The van der Waals surface area contributed by atoms with Crippen LogP contribution in [0.25, 0.3) is 20.9 Å². The Morgan fingerprint density at radius 3 is 2.11 bits per heavy atom. The highest BCUT2D eigenvalue weighted by molar-refractivity contribution is 9.09. The van der Waals surface area contributed by atoms with Crippen molar-refractivity contribution in [2.45, 2.75) is 38.5 Å². The molecule has 0 aromatic heterocycles. The van der Waals surface area contributed by atoms with Crippen molar-refractivity contribution in [1.29, 1.82) is 0 Å². The number of alkyl halides is 1. The number of Topliss-reactive ketones (excluding diaryl/α,β-unsaturated/α-hetero) is 1. The van der Waals surface area contributed by atoms with Crippen LogP contribution < -0.4 is 0 Å². The second-order valence-electron chi connectivity index (χ2n) is 4.15. The van der Waals surface area contributed by atoms with Gasteiger partial charge in [-0.3, -0.25) is 4.79 Å². The second kappa shape index (κ2) is 13.2. The Bertz CT molecular complexity index is 327. The fraction of sp³-hybridized carbons (Fsp3) is 0.909. The Balaban J connectivity index is 4.14. The minimum Gasteiger partial charge on any atom is -0.299 e. The van der Waals surface area contributed by atoms with E-state index < -0.39 is 0 Å². The molecule has 106 valence electrons. The monoisotopic (exact) mass is 330 g/mol. The molecule has 0 atom stereocenters. The second-order valence-corrected chi connectivity index (χ2v) is 4.94. The van der Waals surface area contributed by atoms with Gasteiger partial charge in [-0.15, -0.1) is 0 Å². The number of rotatable bonds is 12. The van der Waals surface area contributed by atoms with Gasteiger partial charge in [-0.25, -0.2) is 0 Å². The molecule has 0 rings (SSSR count). The van der Waals surface area contributed by atoms with E-state index in [2.05, 4.69) is 36.0 Å². The van der Waals surface area contributed by atoms with E-state index in [0.717, 1.165) is 24.6 Å². The van der Waals surface area contributed by atoms with Crippen molar-refractivity contribution in [3.05, 3.63) is 20.9 Å². The molecule has 0 saturated carbocycles. The van der Waals surface area contributed by atoms with E-state index in [9.17, 15) is 4.79 Å². The summed E-state index contributed by atoms with van der Waals surface area (Å²) in [6.07, 6.45) is 4.57. The summed E-state index contributed by atoms with van der Waals surface area (Å²) >= 11 is 3.35. The topological polar surface area (TPSA) is 115 Å². The van der Waals surface area contributed by atoms with Crippen LogP contribution in [0, 0.1) is 5.92 Å². The standard InChI is InChI=1S/C11H19BrN6O/c12-7-3-1-2-4-11(19)10(5-8-15-17-13)6-9-16-18-14/h10H,1-9H2. The molecule has 0 fully saturated rings. The van der Waals surface area contributed by atoms with Crippen molar-refractivity contribution >= 4 is 21.7 Å². The smallest absolute Gasteiger partial charge is 0.135 e. The maximum absolute atomic E-state index is 12.0. The number of hydrogen-bond acceptors (Lipinski definition) is 3. The highest BCUT2D eigenvalue weighted by atomic mass is 79.9. The lowest BCUT2D eigenvalue weighted by atomic mass is 9.93. The number of nitrogens with zero attached hydrogens (tertiary/aromatic N) is 6. The maximum Gasteiger partial charge on any atom is 0.135 e. The lowest BCUT2D eigenvalue weighted by Gasteiger charge is -2.13. The van der Waals surface area contributed by atoms with Crippen molar-refractivity contribution < 1.29 is 4.79 Å². The molecule has 0 amide bonds.